The number of halogens is 1. The fourth-order valence-corrected chi connectivity index (χ4v) is 3.47. The molecule has 1 saturated heterocycles. The standard InChI is InChI=1S/C20H25ClN2O3/c1-13-5-6-16(23-12-15(21)11-22-23)7-14(13)8-17(24)9-20(2,3)10-18-19(25-4)26-18/h5-7,11-12,18-19H,8-10H2,1-4H3. The van der Waals surface area contributed by atoms with Crippen LogP contribution in [0, 0.1) is 12.3 Å². The van der Waals surface area contributed by atoms with E-state index in [1.165, 1.54) is 0 Å². The van der Waals surface area contributed by atoms with E-state index in [1.807, 2.05) is 25.1 Å². The summed E-state index contributed by atoms with van der Waals surface area (Å²) in [6, 6.07) is 6.00. The van der Waals surface area contributed by atoms with Crippen molar-refractivity contribution >= 4 is 17.4 Å². The summed E-state index contributed by atoms with van der Waals surface area (Å²) in [5, 5.41) is 4.81. The van der Waals surface area contributed by atoms with Crippen LogP contribution in [0.25, 0.3) is 5.69 Å². The second-order valence-corrected chi connectivity index (χ2v) is 8.19. The van der Waals surface area contributed by atoms with Gasteiger partial charge in [-0.25, -0.2) is 4.68 Å². The van der Waals surface area contributed by atoms with Gasteiger partial charge in [-0.05, 0) is 42.0 Å². The number of epoxide rings is 1. The predicted molar refractivity (Wildman–Crippen MR) is 101 cm³/mol. The maximum absolute atomic E-state index is 12.7. The van der Waals surface area contributed by atoms with E-state index < -0.39 is 0 Å². The highest BCUT2D eigenvalue weighted by Gasteiger charge is 2.43. The number of aryl methyl sites for hydroxylation is 1. The van der Waals surface area contributed by atoms with Crippen LogP contribution in [0.1, 0.15) is 37.8 Å². The number of hydrogen-bond donors (Lipinski definition) is 0. The Morgan fingerprint density at radius 3 is 2.81 bits per heavy atom. The summed E-state index contributed by atoms with van der Waals surface area (Å²) in [5.41, 5.74) is 2.91. The van der Waals surface area contributed by atoms with Gasteiger partial charge in [-0.3, -0.25) is 4.79 Å². The minimum absolute atomic E-state index is 0.107. The largest absolute Gasteiger partial charge is 0.353 e. The van der Waals surface area contributed by atoms with Crippen LogP contribution in [0.3, 0.4) is 0 Å². The monoisotopic (exact) mass is 376 g/mol. The molecule has 1 aromatic heterocycles. The summed E-state index contributed by atoms with van der Waals surface area (Å²) >= 11 is 5.95. The second-order valence-electron chi connectivity index (χ2n) is 7.75. The molecule has 0 radical (unpaired) electrons. The lowest BCUT2D eigenvalue weighted by Crippen LogP contribution is -2.21. The maximum Gasteiger partial charge on any atom is 0.184 e. The molecule has 0 saturated carbocycles. The molecule has 1 aliphatic rings. The molecule has 1 aliphatic heterocycles. The Balaban J connectivity index is 1.65. The maximum atomic E-state index is 12.7. The lowest BCUT2D eigenvalue weighted by atomic mass is 9.81. The molecular formula is C20H25ClN2O3. The number of Topliss-reactive ketones (excluding diaryl/α,β-unsaturated/α-hetero) is 1. The first-order chi connectivity index (χ1) is 12.3. The summed E-state index contributed by atoms with van der Waals surface area (Å²) in [5.74, 6) is 0.225. The van der Waals surface area contributed by atoms with Gasteiger partial charge in [0, 0.05) is 26.1 Å². The van der Waals surface area contributed by atoms with E-state index in [0.29, 0.717) is 17.9 Å². The normalized spacial score (nSPS) is 19.6. The minimum atomic E-state index is -0.115. The van der Waals surface area contributed by atoms with Crippen molar-refractivity contribution in [3.63, 3.8) is 0 Å². The van der Waals surface area contributed by atoms with Crippen molar-refractivity contribution in [1.82, 2.24) is 9.78 Å². The van der Waals surface area contributed by atoms with E-state index in [4.69, 9.17) is 21.1 Å². The third kappa shape index (κ3) is 4.72. The van der Waals surface area contributed by atoms with Gasteiger partial charge in [0.05, 0.1) is 16.9 Å². The predicted octanol–water partition coefficient (Wildman–Crippen LogP) is 4.12. The average Bonchev–Trinajstić information content (AvgIpc) is 3.15. The van der Waals surface area contributed by atoms with E-state index >= 15 is 0 Å². The van der Waals surface area contributed by atoms with E-state index in [0.717, 1.165) is 23.2 Å². The zero-order chi connectivity index (χ0) is 18.9. The fourth-order valence-electron chi connectivity index (χ4n) is 3.34. The van der Waals surface area contributed by atoms with Crippen LogP contribution in [0.5, 0.6) is 0 Å². The third-order valence-electron chi connectivity index (χ3n) is 4.73. The van der Waals surface area contributed by atoms with Gasteiger partial charge >= 0.3 is 0 Å². The summed E-state index contributed by atoms with van der Waals surface area (Å²) in [6.45, 7) is 6.23. The SMILES string of the molecule is COC1OC1CC(C)(C)CC(=O)Cc1cc(-n2cc(Cl)cn2)ccc1C. The highest BCUT2D eigenvalue weighted by atomic mass is 35.5. The van der Waals surface area contributed by atoms with Gasteiger partial charge in [0.1, 0.15) is 11.9 Å². The number of benzene rings is 1. The molecule has 0 bridgehead atoms. The Kier molecular flexibility index (Phi) is 5.51. The Morgan fingerprint density at radius 2 is 2.19 bits per heavy atom. The average molecular weight is 377 g/mol. The van der Waals surface area contributed by atoms with Crippen LogP contribution in [0.2, 0.25) is 5.02 Å². The number of methoxy groups -OCH3 is 1. The van der Waals surface area contributed by atoms with Gasteiger partial charge in [-0.2, -0.15) is 5.10 Å². The van der Waals surface area contributed by atoms with Crippen LogP contribution in [-0.4, -0.2) is 35.1 Å². The summed E-state index contributed by atoms with van der Waals surface area (Å²) in [4.78, 5) is 12.7. The zero-order valence-corrected chi connectivity index (χ0v) is 16.4. The lowest BCUT2D eigenvalue weighted by molar-refractivity contribution is -0.120. The molecule has 1 aromatic carbocycles. The summed E-state index contributed by atoms with van der Waals surface area (Å²) < 4.78 is 12.3. The molecule has 2 heterocycles. The molecule has 2 unspecified atom stereocenters. The van der Waals surface area contributed by atoms with Crippen molar-refractivity contribution in [2.24, 2.45) is 5.41 Å². The van der Waals surface area contributed by atoms with Crippen molar-refractivity contribution < 1.29 is 14.3 Å². The topological polar surface area (TPSA) is 56.6 Å². The van der Waals surface area contributed by atoms with Gasteiger partial charge in [0.25, 0.3) is 0 Å². The Morgan fingerprint density at radius 1 is 1.42 bits per heavy atom. The third-order valence-corrected chi connectivity index (χ3v) is 4.93. The van der Waals surface area contributed by atoms with Gasteiger partial charge in [0.2, 0.25) is 0 Å². The first-order valence-electron chi connectivity index (χ1n) is 8.77. The highest BCUT2D eigenvalue weighted by molar-refractivity contribution is 6.30. The van der Waals surface area contributed by atoms with Gasteiger partial charge in [-0.1, -0.05) is 31.5 Å². The molecule has 0 amide bonds. The van der Waals surface area contributed by atoms with Crippen molar-refractivity contribution in [2.75, 3.05) is 7.11 Å². The van der Waals surface area contributed by atoms with Crippen LogP contribution >= 0.6 is 11.6 Å². The van der Waals surface area contributed by atoms with E-state index in [1.54, 1.807) is 24.2 Å². The Labute approximate surface area is 159 Å². The molecular weight excluding hydrogens is 352 g/mol. The van der Waals surface area contributed by atoms with Gasteiger partial charge < -0.3 is 9.47 Å². The molecule has 2 atom stereocenters. The van der Waals surface area contributed by atoms with E-state index in [2.05, 4.69) is 18.9 Å². The van der Waals surface area contributed by atoms with E-state index in [9.17, 15) is 4.79 Å². The van der Waals surface area contributed by atoms with Crippen LogP contribution in [0.4, 0.5) is 0 Å². The Bertz CT molecular complexity index is 800. The molecule has 0 N–H and O–H groups in total. The molecule has 0 aliphatic carbocycles. The number of nitrogens with zero attached hydrogens (tertiary/aromatic N) is 2. The van der Waals surface area contributed by atoms with Crippen LogP contribution < -0.4 is 0 Å². The number of hydrogen-bond acceptors (Lipinski definition) is 4. The molecule has 2 aromatic rings. The van der Waals surface area contributed by atoms with E-state index in [-0.39, 0.29) is 23.6 Å². The molecule has 26 heavy (non-hydrogen) atoms. The van der Waals surface area contributed by atoms with Gasteiger partial charge in [-0.15, -0.1) is 0 Å². The molecule has 5 nitrogen and oxygen atoms in total. The highest BCUT2D eigenvalue weighted by Crippen LogP contribution is 2.37. The molecule has 6 heteroatoms. The number of aromatic nitrogens is 2. The fraction of sp³-hybridized carbons (Fsp3) is 0.500. The molecule has 1 fully saturated rings. The second kappa shape index (κ2) is 7.51. The van der Waals surface area contributed by atoms with Crippen LogP contribution in [0.15, 0.2) is 30.6 Å². The first kappa shape index (κ1) is 19.1. The van der Waals surface area contributed by atoms with Crippen molar-refractivity contribution in [3.05, 3.63) is 46.7 Å². The van der Waals surface area contributed by atoms with Crippen molar-refractivity contribution in [3.8, 4) is 5.69 Å². The number of rotatable bonds is 8. The van der Waals surface area contributed by atoms with Crippen molar-refractivity contribution in [2.45, 2.75) is 52.4 Å². The van der Waals surface area contributed by atoms with Crippen LogP contribution in [-0.2, 0) is 20.7 Å². The Hall–Kier alpha value is -1.69. The summed E-state index contributed by atoms with van der Waals surface area (Å²) in [7, 11) is 1.64. The molecule has 0 spiro atoms. The minimum Gasteiger partial charge on any atom is -0.353 e. The van der Waals surface area contributed by atoms with Crippen molar-refractivity contribution in [1.29, 1.82) is 0 Å². The smallest absolute Gasteiger partial charge is 0.184 e. The number of carbonyl (C=O) groups excluding carboxylic acids is 1. The molecule has 3 rings (SSSR count). The first-order valence-corrected chi connectivity index (χ1v) is 9.15. The van der Waals surface area contributed by atoms with Gasteiger partial charge in [0.15, 0.2) is 6.29 Å². The number of ketones is 1. The number of carbonyl (C=O) groups is 1. The lowest BCUT2D eigenvalue weighted by Gasteiger charge is -2.23. The quantitative estimate of drug-likeness (QED) is 0.650. The summed E-state index contributed by atoms with van der Waals surface area (Å²) in [6.07, 6.45) is 5.10. The zero-order valence-electron chi connectivity index (χ0n) is 15.7. The molecule has 140 valence electrons. The number of ether oxygens (including phenoxy) is 2.